The fourth-order valence-corrected chi connectivity index (χ4v) is 2.38. The third kappa shape index (κ3) is 3.70. The lowest BCUT2D eigenvalue weighted by Gasteiger charge is -2.05. The monoisotopic (exact) mass is 337 g/mol. The molecular weight excluding hydrogens is 329 g/mol. The molecule has 1 atom stereocenters. The third-order valence-corrected chi connectivity index (χ3v) is 3.59. The Hall–Kier alpha value is -1.55. The Labute approximate surface area is 119 Å². The minimum atomic E-state index is -2.69. The molecular formula is C13H9BrNO3P. The van der Waals surface area contributed by atoms with E-state index in [0.717, 1.165) is 4.47 Å². The van der Waals surface area contributed by atoms with Gasteiger partial charge in [0.2, 0.25) is 0 Å². The average Bonchev–Trinajstić information content (AvgIpc) is 2.39. The lowest BCUT2D eigenvalue weighted by Crippen LogP contribution is -2.14. The van der Waals surface area contributed by atoms with Gasteiger partial charge in [-0.15, -0.1) is 0 Å². The molecule has 0 heterocycles. The van der Waals surface area contributed by atoms with Gasteiger partial charge in [-0.3, -0.25) is 4.79 Å². The Balaban J connectivity index is 2.20. The van der Waals surface area contributed by atoms with Gasteiger partial charge < -0.3 is 10.2 Å². The number of halogens is 1. The quantitative estimate of drug-likeness (QED) is 0.874. The molecule has 1 N–H and O–H groups in total. The lowest BCUT2D eigenvalue weighted by atomic mass is 10.2. The van der Waals surface area contributed by atoms with Crippen molar-refractivity contribution in [3.8, 4) is 0 Å². The van der Waals surface area contributed by atoms with E-state index in [1.165, 1.54) is 18.2 Å². The summed E-state index contributed by atoms with van der Waals surface area (Å²) in [6, 6.07) is 13.0. The van der Waals surface area contributed by atoms with Crippen molar-refractivity contribution < 1.29 is 14.3 Å². The molecule has 2 aromatic rings. The van der Waals surface area contributed by atoms with Gasteiger partial charge in [0.15, 0.2) is 5.30 Å². The van der Waals surface area contributed by atoms with Crippen LogP contribution in [-0.2, 0) is 4.57 Å². The standard InChI is InChI=1S/C13H9BrNO3P/c14-10-4-2-5-11(8-10)15-13(16)9-3-1-6-12(7-9)19(17)18/h1-8H,(H,15,16). The van der Waals surface area contributed by atoms with Gasteiger partial charge in [-0.25, -0.2) is 0 Å². The molecule has 96 valence electrons. The average molecular weight is 338 g/mol. The van der Waals surface area contributed by atoms with Gasteiger partial charge in [0.25, 0.3) is 5.91 Å². The first kappa shape index (κ1) is 13.9. The summed E-state index contributed by atoms with van der Waals surface area (Å²) in [5.41, 5.74) is 0.938. The number of hydrogen-bond donors (Lipinski definition) is 1. The second-order valence-electron chi connectivity index (χ2n) is 3.77. The number of carbonyl (C=O) groups is 1. The number of benzene rings is 2. The molecule has 6 heteroatoms. The van der Waals surface area contributed by atoms with Crippen LogP contribution in [0.5, 0.6) is 0 Å². The fraction of sp³-hybridized carbons (Fsp3) is 0. The Bertz CT molecular complexity index is 645. The number of carbonyl (C=O) groups excluding carboxylic acids is 1. The molecule has 2 rings (SSSR count). The van der Waals surface area contributed by atoms with E-state index in [9.17, 15) is 14.3 Å². The Morgan fingerprint density at radius 1 is 1.16 bits per heavy atom. The molecule has 0 fully saturated rings. The number of nitrogens with one attached hydrogen (secondary N) is 1. The highest BCUT2D eigenvalue weighted by Crippen LogP contribution is 2.17. The van der Waals surface area contributed by atoms with Gasteiger partial charge in [0, 0.05) is 21.8 Å². The Morgan fingerprint density at radius 3 is 2.58 bits per heavy atom. The van der Waals surface area contributed by atoms with Crippen LogP contribution in [0.15, 0.2) is 53.0 Å². The van der Waals surface area contributed by atoms with E-state index in [0.29, 0.717) is 11.3 Å². The number of hydrogen-bond acceptors (Lipinski definition) is 3. The number of rotatable bonds is 3. The zero-order chi connectivity index (χ0) is 13.8. The summed E-state index contributed by atoms with van der Waals surface area (Å²) in [5, 5.41) is 2.82. The molecule has 4 nitrogen and oxygen atoms in total. The van der Waals surface area contributed by atoms with Crippen molar-refractivity contribution in [1.82, 2.24) is 0 Å². The van der Waals surface area contributed by atoms with Crippen molar-refractivity contribution >= 4 is 40.9 Å². The second kappa shape index (κ2) is 6.06. The largest absolute Gasteiger partial charge is 0.591 e. The highest BCUT2D eigenvalue weighted by molar-refractivity contribution is 9.10. The van der Waals surface area contributed by atoms with Crippen molar-refractivity contribution in [1.29, 1.82) is 0 Å². The first-order valence-electron chi connectivity index (χ1n) is 5.37. The summed E-state index contributed by atoms with van der Waals surface area (Å²) >= 11 is 3.31. The van der Waals surface area contributed by atoms with Crippen LogP contribution in [0, 0.1) is 0 Å². The first-order chi connectivity index (χ1) is 9.06. The Morgan fingerprint density at radius 2 is 1.89 bits per heavy atom. The minimum absolute atomic E-state index is 0.122. The van der Waals surface area contributed by atoms with E-state index in [-0.39, 0.29) is 11.2 Å². The van der Waals surface area contributed by atoms with Gasteiger partial charge in [0.1, 0.15) is 0 Å². The molecule has 1 unspecified atom stereocenters. The maximum Gasteiger partial charge on any atom is 0.348 e. The summed E-state index contributed by atoms with van der Waals surface area (Å²) in [6.45, 7) is 0. The topological polar surface area (TPSA) is 69.2 Å². The van der Waals surface area contributed by atoms with Crippen LogP contribution in [0.4, 0.5) is 5.69 Å². The van der Waals surface area contributed by atoms with Crippen molar-refractivity contribution in [2.75, 3.05) is 5.32 Å². The Kier molecular flexibility index (Phi) is 4.43. The molecule has 0 radical (unpaired) electrons. The highest BCUT2D eigenvalue weighted by atomic mass is 79.9. The first-order valence-corrected chi connectivity index (χ1v) is 7.35. The molecule has 0 saturated carbocycles. The smallest absolute Gasteiger partial charge is 0.348 e. The molecule has 0 saturated heterocycles. The second-order valence-corrected chi connectivity index (χ2v) is 5.72. The molecule has 2 aromatic carbocycles. The van der Waals surface area contributed by atoms with Crippen molar-refractivity contribution in [3.05, 3.63) is 58.6 Å². The fourth-order valence-electron chi connectivity index (χ4n) is 1.53. The molecule has 0 bridgehead atoms. The summed E-state index contributed by atoms with van der Waals surface area (Å²) < 4.78 is 11.7. The SMILES string of the molecule is O=C(Nc1cccc(Br)c1)c1cccc([P+](=O)[O-])c1. The van der Waals surface area contributed by atoms with Crippen molar-refractivity contribution in [2.45, 2.75) is 0 Å². The van der Waals surface area contributed by atoms with Crippen LogP contribution in [-0.4, -0.2) is 5.91 Å². The van der Waals surface area contributed by atoms with E-state index in [4.69, 9.17) is 0 Å². The van der Waals surface area contributed by atoms with Gasteiger partial charge in [-0.2, -0.15) is 0 Å². The van der Waals surface area contributed by atoms with Gasteiger partial charge >= 0.3 is 8.03 Å². The molecule has 0 aliphatic rings. The molecule has 0 aliphatic heterocycles. The van der Waals surface area contributed by atoms with E-state index in [1.807, 2.05) is 6.07 Å². The molecule has 1 amide bonds. The normalized spacial score (nSPS) is 10.9. The molecule has 0 aromatic heterocycles. The summed E-state index contributed by atoms with van der Waals surface area (Å²) in [4.78, 5) is 22.9. The maximum absolute atomic E-state index is 12.0. The van der Waals surface area contributed by atoms with Crippen LogP contribution in [0.25, 0.3) is 0 Å². The van der Waals surface area contributed by atoms with Crippen molar-refractivity contribution in [3.63, 3.8) is 0 Å². The van der Waals surface area contributed by atoms with Gasteiger partial charge in [-0.05, 0) is 30.3 Å². The van der Waals surface area contributed by atoms with Crippen LogP contribution < -0.4 is 15.5 Å². The highest BCUT2D eigenvalue weighted by Gasteiger charge is 2.12. The predicted molar refractivity (Wildman–Crippen MR) is 75.8 cm³/mol. The predicted octanol–water partition coefficient (Wildman–Crippen LogP) is 2.43. The van der Waals surface area contributed by atoms with E-state index >= 15 is 0 Å². The molecule has 19 heavy (non-hydrogen) atoms. The van der Waals surface area contributed by atoms with Crippen LogP contribution >= 0.6 is 24.0 Å². The summed E-state index contributed by atoms with van der Waals surface area (Å²) in [5.74, 6) is -0.350. The summed E-state index contributed by atoms with van der Waals surface area (Å²) in [7, 11) is -2.69. The van der Waals surface area contributed by atoms with E-state index in [2.05, 4.69) is 21.2 Å². The van der Waals surface area contributed by atoms with Gasteiger partial charge in [0.05, 0.1) is 0 Å². The third-order valence-electron chi connectivity index (χ3n) is 2.40. The molecule has 0 aliphatic carbocycles. The van der Waals surface area contributed by atoms with E-state index in [1.54, 1.807) is 24.3 Å². The molecule has 0 spiro atoms. The summed E-state index contributed by atoms with van der Waals surface area (Å²) in [6.07, 6.45) is 0. The number of anilines is 1. The van der Waals surface area contributed by atoms with E-state index < -0.39 is 8.03 Å². The minimum Gasteiger partial charge on any atom is -0.591 e. The zero-order valence-electron chi connectivity index (χ0n) is 9.67. The van der Waals surface area contributed by atoms with Crippen LogP contribution in [0.2, 0.25) is 0 Å². The van der Waals surface area contributed by atoms with Crippen LogP contribution in [0.1, 0.15) is 10.4 Å². The zero-order valence-corrected chi connectivity index (χ0v) is 12.1. The van der Waals surface area contributed by atoms with Crippen molar-refractivity contribution in [2.24, 2.45) is 0 Å². The lowest BCUT2D eigenvalue weighted by molar-refractivity contribution is -0.160. The van der Waals surface area contributed by atoms with Gasteiger partial charge in [-0.1, -0.05) is 32.6 Å². The maximum atomic E-state index is 12.0. The van der Waals surface area contributed by atoms with Crippen LogP contribution in [0.3, 0.4) is 0 Å². The number of amides is 1.